The molecule has 0 bridgehead atoms. The molecule has 0 atom stereocenters. The molecule has 0 fully saturated rings. The molecule has 174 valence electrons. The number of nitrogens with zero attached hydrogens (tertiary/aromatic N) is 3. The number of nitrogens with one attached hydrogen (secondary N) is 1. The predicted octanol–water partition coefficient (Wildman–Crippen LogP) is 5.85. The second-order valence-corrected chi connectivity index (χ2v) is 8.62. The molecule has 0 aliphatic carbocycles. The molecule has 0 saturated heterocycles. The van der Waals surface area contributed by atoms with Gasteiger partial charge in [0.05, 0.1) is 5.52 Å². The third-order valence-electron chi connectivity index (χ3n) is 5.55. The van der Waals surface area contributed by atoms with Crippen molar-refractivity contribution in [3.8, 4) is 0 Å². The van der Waals surface area contributed by atoms with E-state index in [0.717, 1.165) is 59.9 Å². The molecule has 7 heteroatoms. The average molecular weight is 473 g/mol. The highest BCUT2D eigenvalue weighted by Gasteiger charge is 2.08. The van der Waals surface area contributed by atoms with Crippen LogP contribution < -0.4 is 16.8 Å². The summed E-state index contributed by atoms with van der Waals surface area (Å²) in [5.74, 6) is 1.68. The van der Waals surface area contributed by atoms with Crippen molar-refractivity contribution in [2.24, 2.45) is 16.5 Å². The third-order valence-corrected chi connectivity index (χ3v) is 5.80. The number of unbranched alkanes of at least 4 members (excludes halogenated alkanes) is 3. The van der Waals surface area contributed by atoms with Crippen molar-refractivity contribution in [2.45, 2.75) is 25.7 Å². The lowest BCUT2D eigenvalue weighted by Gasteiger charge is -2.11. The summed E-state index contributed by atoms with van der Waals surface area (Å²) in [7, 11) is 0. The second kappa shape index (κ2) is 11.5. The summed E-state index contributed by atoms with van der Waals surface area (Å²) >= 11 is 6.00. The Morgan fingerprint density at radius 2 is 1.62 bits per heavy atom. The summed E-state index contributed by atoms with van der Waals surface area (Å²) in [5.41, 5.74) is 12.7. The lowest BCUT2D eigenvalue weighted by atomic mass is 10.1. The fourth-order valence-corrected chi connectivity index (χ4v) is 3.92. The number of nitrogens with two attached hydrogens (primary N) is 2. The summed E-state index contributed by atoms with van der Waals surface area (Å²) in [6.45, 7) is 1.52. The predicted molar refractivity (Wildman–Crippen MR) is 145 cm³/mol. The van der Waals surface area contributed by atoms with Gasteiger partial charge in [-0.3, -0.25) is 4.99 Å². The Morgan fingerprint density at radius 3 is 2.38 bits per heavy atom. The summed E-state index contributed by atoms with van der Waals surface area (Å²) in [5, 5.41) is 7.61. The fourth-order valence-electron chi connectivity index (χ4n) is 3.79. The van der Waals surface area contributed by atoms with E-state index < -0.39 is 0 Å². The lowest BCUT2D eigenvalue weighted by Crippen LogP contribution is -2.22. The zero-order valence-corrected chi connectivity index (χ0v) is 19.8. The van der Waals surface area contributed by atoms with Crippen molar-refractivity contribution < 1.29 is 0 Å². The molecule has 0 aliphatic rings. The van der Waals surface area contributed by atoms with Crippen molar-refractivity contribution >= 4 is 57.2 Å². The Balaban J connectivity index is 1.52. The van der Waals surface area contributed by atoms with E-state index in [-0.39, 0.29) is 5.96 Å². The van der Waals surface area contributed by atoms with Crippen molar-refractivity contribution in [3.05, 3.63) is 77.1 Å². The quantitative estimate of drug-likeness (QED) is 0.116. The number of rotatable bonds is 10. The number of guanidine groups is 1. The smallest absolute Gasteiger partial charge is 0.185 e. The normalized spacial score (nSPS) is 11.3. The van der Waals surface area contributed by atoms with Crippen LogP contribution in [0.5, 0.6) is 0 Å². The molecule has 0 amide bonds. The number of benzene rings is 3. The molecule has 6 nitrogen and oxygen atoms in total. The Morgan fingerprint density at radius 1 is 0.882 bits per heavy atom. The Bertz CT molecular complexity index is 1310. The zero-order chi connectivity index (χ0) is 23.8. The van der Waals surface area contributed by atoms with Crippen molar-refractivity contribution in [1.29, 1.82) is 0 Å². The molecule has 34 heavy (non-hydrogen) atoms. The Labute approximate surface area is 204 Å². The minimum atomic E-state index is 0.158. The van der Waals surface area contributed by atoms with Crippen LogP contribution in [0, 0.1) is 0 Å². The van der Waals surface area contributed by atoms with Gasteiger partial charge in [-0.25, -0.2) is 9.97 Å². The van der Waals surface area contributed by atoms with Crippen LogP contribution in [-0.2, 0) is 0 Å². The van der Waals surface area contributed by atoms with Crippen LogP contribution in [0.15, 0.2) is 65.7 Å². The van der Waals surface area contributed by atoms with Gasteiger partial charge in [0.25, 0.3) is 0 Å². The zero-order valence-electron chi connectivity index (χ0n) is 19.0. The van der Waals surface area contributed by atoms with E-state index in [9.17, 15) is 0 Å². The van der Waals surface area contributed by atoms with Crippen LogP contribution in [0.2, 0.25) is 5.02 Å². The highest BCUT2D eigenvalue weighted by Crippen LogP contribution is 2.27. The van der Waals surface area contributed by atoms with Gasteiger partial charge in [0.1, 0.15) is 5.82 Å². The van der Waals surface area contributed by atoms with Gasteiger partial charge in [-0.1, -0.05) is 66.9 Å². The molecule has 5 N–H and O–H groups in total. The largest absolute Gasteiger partial charge is 0.370 e. The van der Waals surface area contributed by atoms with E-state index in [2.05, 4.69) is 34.6 Å². The Hall–Kier alpha value is -3.64. The van der Waals surface area contributed by atoms with E-state index >= 15 is 0 Å². The second-order valence-electron chi connectivity index (χ2n) is 8.18. The van der Waals surface area contributed by atoms with E-state index in [1.54, 1.807) is 0 Å². The molecule has 0 radical (unpaired) electrons. The van der Waals surface area contributed by atoms with Crippen molar-refractivity contribution in [2.75, 3.05) is 18.4 Å². The van der Waals surface area contributed by atoms with Gasteiger partial charge < -0.3 is 16.8 Å². The summed E-state index contributed by atoms with van der Waals surface area (Å²) in [4.78, 5) is 13.7. The van der Waals surface area contributed by atoms with E-state index in [0.29, 0.717) is 17.4 Å². The van der Waals surface area contributed by atoms with Crippen molar-refractivity contribution in [1.82, 2.24) is 9.97 Å². The number of aromatic nitrogens is 2. The van der Waals surface area contributed by atoms with Gasteiger partial charge in [-0.15, -0.1) is 0 Å². The molecule has 4 aromatic rings. The lowest BCUT2D eigenvalue weighted by molar-refractivity contribution is 0.661. The average Bonchev–Trinajstić information content (AvgIpc) is 2.84. The molecule has 0 unspecified atom stereocenters. The summed E-state index contributed by atoms with van der Waals surface area (Å²) < 4.78 is 0. The number of anilines is 1. The minimum absolute atomic E-state index is 0.158. The fraction of sp³-hybridized carbons (Fsp3) is 0.222. The highest BCUT2D eigenvalue weighted by atomic mass is 35.5. The standard InChI is InChI=1S/C27H29ClN6/c28-22-12-9-19(10-13-22)11-14-25-33-24-18-21-8-4-3-7-20(21)17-23(24)26(34-25)31-15-5-1-2-6-16-32-27(29)30/h3-4,7-14,17-18H,1-2,5-6,15-16H2,(H4,29,30,32)(H,31,33,34). The van der Waals surface area contributed by atoms with Gasteiger partial charge in [0.15, 0.2) is 11.8 Å². The molecular weight excluding hydrogens is 444 g/mol. The number of hydrogen-bond acceptors (Lipinski definition) is 4. The Kier molecular flexibility index (Phi) is 7.94. The molecule has 0 spiro atoms. The van der Waals surface area contributed by atoms with Crippen molar-refractivity contribution in [3.63, 3.8) is 0 Å². The SMILES string of the molecule is NC(N)=NCCCCCCNc1nc(C=Cc2ccc(Cl)cc2)nc2cc3ccccc3cc12. The number of halogens is 1. The maximum Gasteiger partial charge on any atom is 0.185 e. The van der Waals surface area contributed by atoms with Crippen LogP contribution in [0.3, 0.4) is 0 Å². The molecule has 1 heterocycles. The van der Waals surface area contributed by atoms with Gasteiger partial charge in [0, 0.05) is 23.5 Å². The number of hydrogen-bond donors (Lipinski definition) is 3. The van der Waals surface area contributed by atoms with Gasteiger partial charge in [-0.2, -0.15) is 0 Å². The van der Waals surface area contributed by atoms with Crippen LogP contribution in [0.1, 0.15) is 37.1 Å². The number of aliphatic imine (C=N–C) groups is 1. The van der Waals surface area contributed by atoms with Crippen LogP contribution in [0.4, 0.5) is 5.82 Å². The first kappa shape index (κ1) is 23.5. The van der Waals surface area contributed by atoms with Gasteiger partial charge in [-0.05, 0) is 59.5 Å². The maximum absolute atomic E-state index is 6.00. The molecule has 3 aromatic carbocycles. The van der Waals surface area contributed by atoms with Crippen LogP contribution in [0.25, 0.3) is 33.8 Å². The molecule has 4 rings (SSSR count). The van der Waals surface area contributed by atoms with Crippen LogP contribution >= 0.6 is 11.6 Å². The first-order chi connectivity index (χ1) is 16.6. The monoisotopic (exact) mass is 472 g/mol. The summed E-state index contributed by atoms with van der Waals surface area (Å²) in [6, 6.07) is 20.3. The molecule has 1 aromatic heterocycles. The topological polar surface area (TPSA) is 102 Å². The van der Waals surface area contributed by atoms with E-state index in [1.807, 2.05) is 48.6 Å². The molecule has 0 aliphatic heterocycles. The molecule has 0 saturated carbocycles. The number of fused-ring (bicyclic) bond motifs is 2. The van der Waals surface area contributed by atoms with Gasteiger partial charge >= 0.3 is 0 Å². The highest BCUT2D eigenvalue weighted by molar-refractivity contribution is 6.30. The third kappa shape index (κ3) is 6.45. The first-order valence-corrected chi connectivity index (χ1v) is 11.9. The van der Waals surface area contributed by atoms with E-state index in [1.165, 1.54) is 5.39 Å². The van der Waals surface area contributed by atoms with E-state index in [4.69, 9.17) is 33.0 Å². The molecular formula is C27H29ClN6. The summed E-state index contributed by atoms with van der Waals surface area (Å²) in [6.07, 6.45) is 8.15. The first-order valence-electron chi connectivity index (χ1n) is 11.5. The minimum Gasteiger partial charge on any atom is -0.370 e. The van der Waals surface area contributed by atoms with Gasteiger partial charge in [0.2, 0.25) is 0 Å². The maximum atomic E-state index is 6.00. The van der Waals surface area contributed by atoms with Crippen LogP contribution in [-0.4, -0.2) is 29.0 Å².